The second-order valence-corrected chi connectivity index (χ2v) is 5.12. The van der Waals surface area contributed by atoms with Crippen molar-refractivity contribution in [3.8, 4) is 5.75 Å². The van der Waals surface area contributed by atoms with Gasteiger partial charge in [-0.2, -0.15) is 0 Å². The second kappa shape index (κ2) is 8.18. The van der Waals surface area contributed by atoms with Gasteiger partial charge < -0.3 is 15.0 Å². The first kappa shape index (κ1) is 14.4. The van der Waals surface area contributed by atoms with Crippen LogP contribution in [0, 0.1) is 0 Å². The van der Waals surface area contributed by atoms with Crippen LogP contribution in [0.2, 0.25) is 0 Å². The molecule has 0 amide bonds. The number of nitrogens with zero attached hydrogens (tertiary/aromatic N) is 1. The van der Waals surface area contributed by atoms with E-state index in [1.807, 2.05) is 30.3 Å². The summed E-state index contributed by atoms with van der Waals surface area (Å²) < 4.78 is 5.75. The third-order valence-electron chi connectivity index (χ3n) is 3.83. The molecular formula is C16H26N2O. The molecule has 0 aromatic heterocycles. The molecule has 1 aromatic carbocycles. The summed E-state index contributed by atoms with van der Waals surface area (Å²) in [7, 11) is 0. The number of hydrogen-bond acceptors (Lipinski definition) is 3. The monoisotopic (exact) mass is 262 g/mol. The van der Waals surface area contributed by atoms with Crippen LogP contribution in [-0.4, -0.2) is 43.7 Å². The van der Waals surface area contributed by atoms with E-state index in [2.05, 4.69) is 17.1 Å². The highest BCUT2D eigenvalue weighted by atomic mass is 16.5. The number of rotatable bonds is 7. The molecule has 0 radical (unpaired) electrons. The van der Waals surface area contributed by atoms with Gasteiger partial charge in [-0.25, -0.2) is 0 Å². The molecule has 0 aliphatic carbocycles. The predicted octanol–water partition coefficient (Wildman–Crippen LogP) is 2.53. The molecule has 1 aromatic rings. The van der Waals surface area contributed by atoms with E-state index in [1.54, 1.807) is 0 Å². The van der Waals surface area contributed by atoms with E-state index in [0.717, 1.165) is 37.9 Å². The summed E-state index contributed by atoms with van der Waals surface area (Å²) in [4.78, 5) is 2.61. The number of hydrogen-bond donors (Lipinski definition) is 1. The van der Waals surface area contributed by atoms with Gasteiger partial charge in [-0.3, -0.25) is 0 Å². The SMILES string of the molecule is CCN(CCCOc1ccccc1)C1CCNCC1. The van der Waals surface area contributed by atoms with Crippen molar-refractivity contribution < 1.29 is 4.74 Å². The van der Waals surface area contributed by atoms with Crippen molar-refractivity contribution in [3.05, 3.63) is 30.3 Å². The summed E-state index contributed by atoms with van der Waals surface area (Å²) >= 11 is 0. The molecule has 1 N–H and O–H groups in total. The molecule has 3 nitrogen and oxygen atoms in total. The van der Waals surface area contributed by atoms with E-state index in [-0.39, 0.29) is 0 Å². The summed E-state index contributed by atoms with van der Waals surface area (Å²) in [6, 6.07) is 10.9. The van der Waals surface area contributed by atoms with Crippen molar-refractivity contribution in [2.24, 2.45) is 0 Å². The molecule has 1 aliphatic heterocycles. The zero-order chi connectivity index (χ0) is 13.3. The molecule has 1 aliphatic rings. The minimum Gasteiger partial charge on any atom is -0.494 e. The maximum Gasteiger partial charge on any atom is 0.119 e. The Morgan fingerprint density at radius 2 is 1.95 bits per heavy atom. The lowest BCUT2D eigenvalue weighted by Crippen LogP contribution is -2.43. The minimum absolute atomic E-state index is 0.767. The highest BCUT2D eigenvalue weighted by molar-refractivity contribution is 5.20. The van der Waals surface area contributed by atoms with E-state index in [4.69, 9.17) is 4.74 Å². The lowest BCUT2D eigenvalue weighted by molar-refractivity contribution is 0.157. The van der Waals surface area contributed by atoms with E-state index < -0.39 is 0 Å². The fraction of sp³-hybridized carbons (Fsp3) is 0.625. The zero-order valence-electron chi connectivity index (χ0n) is 12.0. The molecule has 1 saturated heterocycles. The Kier molecular flexibility index (Phi) is 6.18. The van der Waals surface area contributed by atoms with Crippen LogP contribution < -0.4 is 10.1 Å². The summed E-state index contributed by atoms with van der Waals surface area (Å²) in [6.45, 7) is 7.71. The van der Waals surface area contributed by atoms with Crippen LogP contribution in [0.15, 0.2) is 30.3 Å². The van der Waals surface area contributed by atoms with Crippen LogP contribution in [0.25, 0.3) is 0 Å². The van der Waals surface area contributed by atoms with Crippen molar-refractivity contribution in [2.45, 2.75) is 32.2 Å². The number of benzene rings is 1. The van der Waals surface area contributed by atoms with Gasteiger partial charge in [0.1, 0.15) is 5.75 Å². The van der Waals surface area contributed by atoms with Gasteiger partial charge in [0.2, 0.25) is 0 Å². The Morgan fingerprint density at radius 1 is 1.21 bits per heavy atom. The third-order valence-corrected chi connectivity index (χ3v) is 3.83. The Morgan fingerprint density at radius 3 is 2.63 bits per heavy atom. The average molecular weight is 262 g/mol. The Balaban J connectivity index is 1.65. The maximum absolute atomic E-state index is 5.75. The van der Waals surface area contributed by atoms with Crippen molar-refractivity contribution in [2.75, 3.05) is 32.8 Å². The summed E-state index contributed by atoms with van der Waals surface area (Å²) in [5, 5.41) is 3.43. The van der Waals surface area contributed by atoms with E-state index in [9.17, 15) is 0 Å². The molecule has 0 saturated carbocycles. The first-order valence-electron chi connectivity index (χ1n) is 7.52. The minimum atomic E-state index is 0.767. The number of nitrogens with one attached hydrogen (secondary N) is 1. The molecule has 1 fully saturated rings. The van der Waals surface area contributed by atoms with Crippen molar-refractivity contribution in [3.63, 3.8) is 0 Å². The van der Waals surface area contributed by atoms with E-state index in [1.165, 1.54) is 25.9 Å². The first-order valence-corrected chi connectivity index (χ1v) is 7.52. The van der Waals surface area contributed by atoms with Crippen molar-refractivity contribution >= 4 is 0 Å². The quantitative estimate of drug-likeness (QED) is 0.764. The van der Waals surface area contributed by atoms with Crippen LogP contribution in [0.1, 0.15) is 26.2 Å². The molecule has 2 rings (SSSR count). The molecule has 0 unspecified atom stereocenters. The van der Waals surface area contributed by atoms with Crippen LogP contribution in [0.5, 0.6) is 5.75 Å². The summed E-state index contributed by atoms with van der Waals surface area (Å²) in [5.41, 5.74) is 0. The van der Waals surface area contributed by atoms with Gasteiger partial charge in [-0.05, 0) is 51.0 Å². The molecule has 19 heavy (non-hydrogen) atoms. The van der Waals surface area contributed by atoms with Gasteiger partial charge in [0.05, 0.1) is 6.61 Å². The third kappa shape index (κ3) is 4.84. The number of ether oxygens (including phenoxy) is 1. The number of piperidine rings is 1. The number of para-hydroxylation sites is 1. The summed E-state index contributed by atoms with van der Waals surface area (Å²) in [6.07, 6.45) is 3.67. The smallest absolute Gasteiger partial charge is 0.119 e. The van der Waals surface area contributed by atoms with Crippen molar-refractivity contribution in [1.82, 2.24) is 10.2 Å². The van der Waals surface area contributed by atoms with Crippen LogP contribution >= 0.6 is 0 Å². The zero-order valence-corrected chi connectivity index (χ0v) is 12.0. The molecule has 0 bridgehead atoms. The Labute approximate surface area is 116 Å². The highest BCUT2D eigenvalue weighted by Gasteiger charge is 2.18. The molecule has 1 heterocycles. The van der Waals surface area contributed by atoms with Gasteiger partial charge in [0.25, 0.3) is 0 Å². The maximum atomic E-state index is 5.75. The summed E-state index contributed by atoms with van der Waals surface area (Å²) in [5.74, 6) is 0.979. The predicted molar refractivity (Wildman–Crippen MR) is 79.7 cm³/mol. The van der Waals surface area contributed by atoms with Crippen LogP contribution in [0.3, 0.4) is 0 Å². The largest absolute Gasteiger partial charge is 0.494 e. The molecule has 0 atom stereocenters. The second-order valence-electron chi connectivity index (χ2n) is 5.12. The van der Waals surface area contributed by atoms with Gasteiger partial charge in [-0.15, -0.1) is 0 Å². The first-order chi connectivity index (χ1) is 9.40. The lowest BCUT2D eigenvalue weighted by Gasteiger charge is -2.33. The normalized spacial score (nSPS) is 16.7. The van der Waals surface area contributed by atoms with Crippen LogP contribution in [-0.2, 0) is 0 Å². The van der Waals surface area contributed by atoms with Gasteiger partial charge in [0, 0.05) is 12.6 Å². The van der Waals surface area contributed by atoms with E-state index >= 15 is 0 Å². The van der Waals surface area contributed by atoms with Gasteiger partial charge >= 0.3 is 0 Å². The molecular weight excluding hydrogens is 236 g/mol. The van der Waals surface area contributed by atoms with Crippen molar-refractivity contribution in [1.29, 1.82) is 0 Å². The van der Waals surface area contributed by atoms with Crippen LogP contribution in [0.4, 0.5) is 0 Å². The Bertz CT molecular complexity index is 336. The Hall–Kier alpha value is -1.06. The molecule has 106 valence electrons. The van der Waals surface area contributed by atoms with Gasteiger partial charge in [0.15, 0.2) is 0 Å². The average Bonchev–Trinajstić information content (AvgIpc) is 2.49. The fourth-order valence-electron chi connectivity index (χ4n) is 2.75. The standard InChI is InChI=1S/C16H26N2O/c1-2-18(15-9-11-17-12-10-15)13-6-14-19-16-7-4-3-5-8-16/h3-5,7-8,15,17H,2,6,9-14H2,1H3. The molecule has 0 spiro atoms. The van der Waals surface area contributed by atoms with E-state index in [0.29, 0.717) is 0 Å². The molecule has 3 heteroatoms. The van der Waals surface area contributed by atoms with Gasteiger partial charge in [-0.1, -0.05) is 25.1 Å². The fourth-order valence-corrected chi connectivity index (χ4v) is 2.75. The lowest BCUT2D eigenvalue weighted by atomic mass is 10.0. The topological polar surface area (TPSA) is 24.5 Å². The highest BCUT2D eigenvalue weighted by Crippen LogP contribution is 2.13.